The molecular weight excluding hydrogens is 236 g/mol. The van der Waals surface area contributed by atoms with Crippen LogP contribution < -0.4 is 10.6 Å². The zero-order valence-corrected chi connectivity index (χ0v) is 11.0. The average molecular weight is 258 g/mol. The molecule has 0 fully saturated rings. The number of ether oxygens (including phenoxy) is 2. The summed E-state index contributed by atoms with van der Waals surface area (Å²) in [5.41, 5.74) is 0. The molecule has 0 aromatic carbocycles. The number of amides is 2. The molecule has 0 saturated carbocycles. The van der Waals surface area contributed by atoms with Crippen molar-refractivity contribution >= 4 is 11.8 Å². The number of hydrogen-bond acceptors (Lipinski definition) is 4. The lowest BCUT2D eigenvalue weighted by Crippen LogP contribution is -2.29. The van der Waals surface area contributed by atoms with Crippen molar-refractivity contribution in [1.82, 2.24) is 10.6 Å². The van der Waals surface area contributed by atoms with Crippen LogP contribution in [-0.4, -0.2) is 38.5 Å². The van der Waals surface area contributed by atoms with Crippen molar-refractivity contribution < 1.29 is 19.1 Å². The maximum Gasteiger partial charge on any atom is 0.245 e. The van der Waals surface area contributed by atoms with E-state index in [1.54, 1.807) is 0 Å². The topological polar surface area (TPSA) is 76.7 Å². The van der Waals surface area contributed by atoms with Crippen molar-refractivity contribution in [3.63, 3.8) is 0 Å². The maximum absolute atomic E-state index is 10.6. The van der Waals surface area contributed by atoms with Crippen LogP contribution in [0.1, 0.15) is 13.8 Å². The molecule has 6 nitrogen and oxygen atoms in total. The van der Waals surface area contributed by atoms with Gasteiger partial charge in [0.2, 0.25) is 11.8 Å². The van der Waals surface area contributed by atoms with Gasteiger partial charge in [0, 0.05) is 13.2 Å². The molecule has 0 aromatic heterocycles. The fourth-order valence-corrected chi connectivity index (χ4v) is 0.644. The zero-order valence-electron chi connectivity index (χ0n) is 11.0. The molecule has 0 bridgehead atoms. The molecular formula is C12H22N2O4. The van der Waals surface area contributed by atoms with Crippen LogP contribution in [0.2, 0.25) is 0 Å². The van der Waals surface area contributed by atoms with Gasteiger partial charge in [0.15, 0.2) is 0 Å². The molecule has 0 aliphatic carbocycles. The van der Waals surface area contributed by atoms with Crippen molar-refractivity contribution in [2.75, 3.05) is 26.7 Å². The van der Waals surface area contributed by atoms with Crippen molar-refractivity contribution in [2.24, 2.45) is 0 Å². The molecule has 104 valence electrons. The Labute approximate surface area is 108 Å². The molecule has 6 heteroatoms. The van der Waals surface area contributed by atoms with Crippen molar-refractivity contribution in [2.45, 2.75) is 13.8 Å². The van der Waals surface area contributed by atoms with E-state index < -0.39 is 0 Å². The van der Waals surface area contributed by atoms with Crippen LogP contribution in [0, 0.1) is 0 Å². The molecule has 0 heterocycles. The summed E-state index contributed by atoms with van der Waals surface area (Å²) in [6.45, 7) is 12.2. The number of carbonyl (C=O) groups excluding carboxylic acids is 2. The van der Waals surface area contributed by atoms with Crippen molar-refractivity contribution in [3.05, 3.63) is 25.3 Å². The highest BCUT2D eigenvalue weighted by Crippen LogP contribution is 1.71. The fourth-order valence-electron chi connectivity index (χ4n) is 0.644. The minimum atomic E-state index is -0.324. The van der Waals surface area contributed by atoms with Gasteiger partial charge in [-0.1, -0.05) is 13.2 Å². The minimum absolute atomic E-state index is 0.0300. The molecule has 0 rings (SSSR count). The Morgan fingerprint density at radius 3 is 1.56 bits per heavy atom. The van der Waals surface area contributed by atoms with Gasteiger partial charge in [-0.3, -0.25) is 9.59 Å². The lowest BCUT2D eigenvalue weighted by molar-refractivity contribution is -0.119. The normalized spacial score (nSPS) is 8.56. The third-order valence-electron chi connectivity index (χ3n) is 1.48. The average Bonchev–Trinajstić information content (AvgIpc) is 2.39. The van der Waals surface area contributed by atoms with Gasteiger partial charge in [-0.15, -0.1) is 0 Å². The third kappa shape index (κ3) is 16.8. The summed E-state index contributed by atoms with van der Waals surface area (Å²) in [6, 6.07) is 0. The second-order valence-electron chi connectivity index (χ2n) is 2.76. The van der Waals surface area contributed by atoms with Gasteiger partial charge in [0.05, 0.1) is 0 Å². The van der Waals surface area contributed by atoms with Crippen LogP contribution in [0.25, 0.3) is 0 Å². The lowest BCUT2D eigenvalue weighted by Gasteiger charge is -2.04. The first-order valence-electron chi connectivity index (χ1n) is 5.58. The molecule has 2 amide bonds. The van der Waals surface area contributed by atoms with E-state index in [0.717, 1.165) is 25.4 Å². The molecule has 0 radical (unpaired) electrons. The lowest BCUT2D eigenvalue weighted by atomic mass is 10.6. The molecule has 0 spiro atoms. The Kier molecular flexibility index (Phi) is 15.9. The smallest absolute Gasteiger partial charge is 0.245 e. The highest BCUT2D eigenvalue weighted by molar-refractivity contribution is 5.87. The van der Waals surface area contributed by atoms with Crippen LogP contribution in [0.4, 0.5) is 0 Å². The summed E-state index contributed by atoms with van der Waals surface area (Å²) < 4.78 is 9.65. The number of hydrogen-bond donors (Lipinski definition) is 2. The molecule has 0 aliphatic heterocycles. The van der Waals surface area contributed by atoms with Gasteiger partial charge in [0.1, 0.15) is 13.5 Å². The summed E-state index contributed by atoms with van der Waals surface area (Å²) in [4.78, 5) is 21.1. The summed E-state index contributed by atoms with van der Waals surface area (Å²) >= 11 is 0. The van der Waals surface area contributed by atoms with E-state index >= 15 is 0 Å². The number of carbonyl (C=O) groups is 2. The Morgan fingerprint density at radius 2 is 1.33 bits per heavy atom. The highest BCUT2D eigenvalue weighted by Gasteiger charge is 1.93. The summed E-state index contributed by atoms with van der Waals surface area (Å²) in [7, 11) is 0. The number of nitrogens with one attached hydrogen (secondary N) is 2. The summed E-state index contributed by atoms with van der Waals surface area (Å²) in [5.74, 6) is -0.648. The standard InChI is InChI=1S/C8H12N2O3.C4H10O/c1-3-7(11)9-5-13-6-10-8(12)4-2;1-3-5-4-2/h3-4H,1-2,5-6H2,(H,9,11)(H,10,12);3-4H2,1-2H3. The summed E-state index contributed by atoms with van der Waals surface area (Å²) in [5, 5.41) is 4.74. The monoisotopic (exact) mass is 258 g/mol. The number of rotatable bonds is 8. The van der Waals surface area contributed by atoms with Gasteiger partial charge in [-0.05, 0) is 26.0 Å². The van der Waals surface area contributed by atoms with Crippen molar-refractivity contribution in [3.8, 4) is 0 Å². The first-order chi connectivity index (χ1) is 8.62. The summed E-state index contributed by atoms with van der Waals surface area (Å²) in [6.07, 6.45) is 2.26. The van der Waals surface area contributed by atoms with E-state index in [9.17, 15) is 9.59 Å². The molecule has 2 N–H and O–H groups in total. The van der Waals surface area contributed by atoms with Gasteiger partial charge >= 0.3 is 0 Å². The van der Waals surface area contributed by atoms with Crippen LogP contribution in [0.3, 0.4) is 0 Å². The van der Waals surface area contributed by atoms with Crippen LogP contribution in [0.5, 0.6) is 0 Å². The van der Waals surface area contributed by atoms with E-state index in [0.29, 0.717) is 0 Å². The molecule has 0 unspecified atom stereocenters. The van der Waals surface area contributed by atoms with Gasteiger partial charge in [-0.25, -0.2) is 0 Å². The molecule has 0 atom stereocenters. The molecule has 0 aliphatic rings. The Balaban J connectivity index is 0. The van der Waals surface area contributed by atoms with E-state index in [4.69, 9.17) is 9.47 Å². The Morgan fingerprint density at radius 1 is 0.944 bits per heavy atom. The van der Waals surface area contributed by atoms with E-state index in [1.807, 2.05) is 13.8 Å². The van der Waals surface area contributed by atoms with Gasteiger partial charge in [-0.2, -0.15) is 0 Å². The maximum atomic E-state index is 10.6. The highest BCUT2D eigenvalue weighted by atomic mass is 16.5. The first kappa shape index (κ1) is 18.7. The van der Waals surface area contributed by atoms with E-state index in [1.165, 1.54) is 0 Å². The quantitative estimate of drug-likeness (QED) is 0.379. The first-order valence-corrected chi connectivity index (χ1v) is 5.58. The van der Waals surface area contributed by atoms with Gasteiger partial charge in [0.25, 0.3) is 0 Å². The van der Waals surface area contributed by atoms with Crippen LogP contribution >= 0.6 is 0 Å². The predicted molar refractivity (Wildman–Crippen MR) is 69.7 cm³/mol. The van der Waals surface area contributed by atoms with Crippen LogP contribution in [0.15, 0.2) is 25.3 Å². The second kappa shape index (κ2) is 15.3. The Bertz CT molecular complexity index is 230. The molecule has 0 aromatic rings. The van der Waals surface area contributed by atoms with Crippen molar-refractivity contribution in [1.29, 1.82) is 0 Å². The second-order valence-corrected chi connectivity index (χ2v) is 2.76. The van der Waals surface area contributed by atoms with E-state index in [-0.39, 0.29) is 25.3 Å². The third-order valence-corrected chi connectivity index (χ3v) is 1.48. The Hall–Kier alpha value is -1.66. The minimum Gasteiger partial charge on any atom is -0.382 e. The van der Waals surface area contributed by atoms with Gasteiger partial charge < -0.3 is 20.1 Å². The fraction of sp³-hybridized carbons (Fsp3) is 0.500. The molecule has 0 saturated heterocycles. The largest absolute Gasteiger partial charge is 0.382 e. The van der Waals surface area contributed by atoms with E-state index in [2.05, 4.69) is 23.8 Å². The SMILES string of the molecule is C=CC(=O)NCOCNC(=O)C=C.CCOCC. The molecule has 18 heavy (non-hydrogen) atoms. The van der Waals surface area contributed by atoms with Crippen LogP contribution in [-0.2, 0) is 19.1 Å². The zero-order chi connectivity index (χ0) is 14.2. The predicted octanol–water partition coefficient (Wildman–Crippen LogP) is 0.565.